The summed E-state index contributed by atoms with van der Waals surface area (Å²) in [5.74, 6) is -0.642. The molecule has 0 saturated carbocycles. The number of aryl methyl sites for hydroxylation is 1. The van der Waals surface area contributed by atoms with Crippen molar-refractivity contribution in [1.29, 1.82) is 0 Å². The van der Waals surface area contributed by atoms with Crippen molar-refractivity contribution in [3.8, 4) is 0 Å². The molecule has 2 aromatic carbocycles. The summed E-state index contributed by atoms with van der Waals surface area (Å²) in [6.45, 7) is 2.03. The van der Waals surface area contributed by atoms with Crippen LogP contribution in [0, 0.1) is 27.2 Å². The second-order valence-electron chi connectivity index (χ2n) is 6.97. The minimum Gasteiger partial charge on any atom is -0.279 e. The molecule has 0 aliphatic rings. The van der Waals surface area contributed by atoms with Gasteiger partial charge in [0.2, 0.25) is 0 Å². The molecule has 10 nitrogen and oxygen atoms in total. The van der Waals surface area contributed by atoms with E-state index in [9.17, 15) is 25.0 Å². The summed E-state index contributed by atoms with van der Waals surface area (Å²) in [5, 5.41) is 22.9. The van der Waals surface area contributed by atoms with Crippen LogP contribution in [0.2, 0.25) is 0 Å². The second-order valence-corrected chi connectivity index (χ2v) is 7.98. The quantitative estimate of drug-likeness (QED) is 0.309. The Morgan fingerprint density at radius 3 is 2.41 bits per heavy atom. The number of thiazole rings is 1. The van der Waals surface area contributed by atoms with E-state index in [1.807, 2.05) is 25.1 Å². The van der Waals surface area contributed by atoms with Gasteiger partial charge in [0.1, 0.15) is 0 Å². The fourth-order valence-electron chi connectivity index (χ4n) is 3.12. The number of aromatic nitrogens is 2. The van der Waals surface area contributed by atoms with E-state index in [1.165, 1.54) is 16.2 Å². The van der Waals surface area contributed by atoms with Gasteiger partial charge in [-0.1, -0.05) is 23.5 Å². The third-order valence-electron chi connectivity index (χ3n) is 4.64. The molecule has 0 saturated heterocycles. The summed E-state index contributed by atoms with van der Waals surface area (Å²) in [5.41, 5.74) is 1.19. The number of anilines is 1. The summed E-state index contributed by atoms with van der Waals surface area (Å²) in [6, 6.07) is 12.1. The zero-order valence-electron chi connectivity index (χ0n) is 16.7. The van der Waals surface area contributed by atoms with Crippen LogP contribution in [0.15, 0.2) is 60.9 Å². The molecule has 0 aliphatic carbocycles. The Balaban J connectivity index is 1.83. The number of carbonyl (C=O) groups excluding carboxylic acids is 1. The molecule has 0 N–H and O–H groups in total. The molecule has 0 radical (unpaired) electrons. The van der Waals surface area contributed by atoms with Crippen LogP contribution in [0.3, 0.4) is 0 Å². The van der Waals surface area contributed by atoms with Crippen LogP contribution in [0.5, 0.6) is 0 Å². The molecule has 11 heteroatoms. The van der Waals surface area contributed by atoms with Crippen LogP contribution in [-0.2, 0) is 6.54 Å². The highest BCUT2D eigenvalue weighted by Crippen LogP contribution is 2.32. The maximum atomic E-state index is 13.5. The molecule has 2 aromatic heterocycles. The summed E-state index contributed by atoms with van der Waals surface area (Å²) in [6.07, 6.45) is 3.19. The third-order valence-corrected chi connectivity index (χ3v) is 5.68. The molecule has 0 atom stereocenters. The average molecular weight is 449 g/mol. The number of hydrogen-bond acceptors (Lipinski definition) is 8. The van der Waals surface area contributed by atoms with E-state index in [0.717, 1.165) is 28.5 Å². The van der Waals surface area contributed by atoms with E-state index in [4.69, 9.17) is 0 Å². The molecule has 0 unspecified atom stereocenters. The van der Waals surface area contributed by atoms with E-state index >= 15 is 0 Å². The van der Waals surface area contributed by atoms with Crippen molar-refractivity contribution in [2.24, 2.45) is 0 Å². The Bertz CT molecular complexity index is 1320. The van der Waals surface area contributed by atoms with Gasteiger partial charge in [-0.05, 0) is 36.2 Å². The maximum absolute atomic E-state index is 13.5. The standard InChI is InChI=1S/C21H15N5O5S/c1-13-4-5-18-19(7-13)32-21(23-18)24(12-14-3-2-6-22-11-14)20(27)15-8-16(25(28)29)10-17(9-15)26(30)31/h2-11H,12H2,1H3. The maximum Gasteiger partial charge on any atom is 0.277 e. The first kappa shape index (κ1) is 21.0. The van der Waals surface area contributed by atoms with Gasteiger partial charge in [-0.3, -0.25) is 34.9 Å². The molecule has 1 amide bonds. The van der Waals surface area contributed by atoms with Crippen LogP contribution in [0.4, 0.5) is 16.5 Å². The number of nitrogens with zero attached hydrogens (tertiary/aromatic N) is 5. The Morgan fingerprint density at radius 2 is 1.78 bits per heavy atom. The van der Waals surface area contributed by atoms with Crippen molar-refractivity contribution in [1.82, 2.24) is 9.97 Å². The normalized spacial score (nSPS) is 10.8. The van der Waals surface area contributed by atoms with E-state index < -0.39 is 27.1 Å². The lowest BCUT2D eigenvalue weighted by molar-refractivity contribution is -0.394. The number of carbonyl (C=O) groups is 1. The van der Waals surface area contributed by atoms with Crippen molar-refractivity contribution in [3.05, 3.63) is 97.8 Å². The zero-order valence-corrected chi connectivity index (χ0v) is 17.5. The van der Waals surface area contributed by atoms with Gasteiger partial charge in [0.05, 0.1) is 38.2 Å². The largest absolute Gasteiger partial charge is 0.279 e. The third kappa shape index (κ3) is 4.27. The molecular weight excluding hydrogens is 434 g/mol. The molecule has 0 bridgehead atoms. The van der Waals surface area contributed by atoms with Crippen LogP contribution in [0.1, 0.15) is 21.5 Å². The molecule has 160 valence electrons. The Hall–Kier alpha value is -4.25. The predicted molar refractivity (Wildman–Crippen MR) is 119 cm³/mol. The number of fused-ring (bicyclic) bond motifs is 1. The van der Waals surface area contributed by atoms with Gasteiger partial charge in [-0.15, -0.1) is 0 Å². The first-order valence-electron chi connectivity index (χ1n) is 9.33. The molecule has 0 spiro atoms. The van der Waals surface area contributed by atoms with Gasteiger partial charge in [0.25, 0.3) is 17.3 Å². The molecule has 4 rings (SSSR count). The van der Waals surface area contributed by atoms with Gasteiger partial charge in [-0.25, -0.2) is 4.98 Å². The first-order chi connectivity index (χ1) is 15.3. The highest BCUT2D eigenvalue weighted by Gasteiger charge is 2.26. The molecule has 32 heavy (non-hydrogen) atoms. The highest BCUT2D eigenvalue weighted by atomic mass is 32.1. The van der Waals surface area contributed by atoms with Crippen LogP contribution in [-0.4, -0.2) is 25.7 Å². The van der Waals surface area contributed by atoms with Gasteiger partial charge < -0.3 is 0 Å². The number of nitro groups is 2. The summed E-state index contributed by atoms with van der Waals surface area (Å²) < 4.78 is 0.869. The number of non-ortho nitro benzene ring substituents is 2. The second kappa shape index (κ2) is 8.47. The first-order valence-corrected chi connectivity index (χ1v) is 10.2. The van der Waals surface area contributed by atoms with E-state index in [-0.39, 0.29) is 12.1 Å². The lowest BCUT2D eigenvalue weighted by Gasteiger charge is -2.20. The van der Waals surface area contributed by atoms with Gasteiger partial charge in [0, 0.05) is 24.5 Å². The number of rotatable bonds is 6. The van der Waals surface area contributed by atoms with E-state index in [1.54, 1.807) is 24.5 Å². The molecular formula is C21H15N5O5S. The van der Waals surface area contributed by atoms with Crippen molar-refractivity contribution < 1.29 is 14.6 Å². The Morgan fingerprint density at radius 1 is 1.06 bits per heavy atom. The monoisotopic (exact) mass is 449 g/mol. The van der Waals surface area contributed by atoms with Crippen LogP contribution in [0.25, 0.3) is 10.2 Å². The summed E-state index contributed by atoms with van der Waals surface area (Å²) in [4.78, 5) is 44.4. The summed E-state index contributed by atoms with van der Waals surface area (Å²) >= 11 is 1.29. The zero-order chi connectivity index (χ0) is 22.8. The fourth-order valence-corrected chi connectivity index (χ4v) is 4.18. The molecule has 0 fully saturated rings. The van der Waals surface area contributed by atoms with Gasteiger partial charge in [0.15, 0.2) is 5.13 Å². The highest BCUT2D eigenvalue weighted by molar-refractivity contribution is 7.22. The number of benzene rings is 2. The topological polar surface area (TPSA) is 132 Å². The number of amides is 1. The molecule has 0 aliphatic heterocycles. The lowest BCUT2D eigenvalue weighted by Crippen LogP contribution is -2.30. The van der Waals surface area contributed by atoms with Crippen LogP contribution < -0.4 is 4.90 Å². The minimum absolute atomic E-state index is 0.0853. The predicted octanol–water partition coefficient (Wildman–Crippen LogP) is 4.66. The Kier molecular flexibility index (Phi) is 5.56. The van der Waals surface area contributed by atoms with Gasteiger partial charge in [-0.2, -0.15) is 0 Å². The smallest absolute Gasteiger partial charge is 0.277 e. The van der Waals surface area contributed by atoms with Crippen molar-refractivity contribution >= 4 is 44.0 Å². The van der Waals surface area contributed by atoms with Crippen molar-refractivity contribution in [3.63, 3.8) is 0 Å². The molecule has 4 aromatic rings. The lowest BCUT2D eigenvalue weighted by atomic mass is 10.1. The van der Waals surface area contributed by atoms with Crippen molar-refractivity contribution in [2.45, 2.75) is 13.5 Å². The molecule has 2 heterocycles. The average Bonchev–Trinajstić information content (AvgIpc) is 3.20. The minimum atomic E-state index is -0.768. The van der Waals surface area contributed by atoms with E-state index in [0.29, 0.717) is 16.2 Å². The van der Waals surface area contributed by atoms with Crippen molar-refractivity contribution in [2.75, 3.05) is 4.90 Å². The van der Waals surface area contributed by atoms with Gasteiger partial charge >= 0.3 is 0 Å². The summed E-state index contributed by atoms with van der Waals surface area (Å²) in [7, 11) is 0. The number of hydrogen-bond donors (Lipinski definition) is 0. The Labute approximate surface area is 185 Å². The number of nitro benzene ring substituents is 2. The van der Waals surface area contributed by atoms with E-state index in [2.05, 4.69) is 9.97 Å². The fraction of sp³-hybridized carbons (Fsp3) is 0.0952. The van der Waals surface area contributed by atoms with Crippen LogP contribution >= 0.6 is 11.3 Å². The number of pyridine rings is 1. The SMILES string of the molecule is Cc1ccc2nc(N(Cc3cccnc3)C(=O)c3cc([N+](=O)[O-])cc([N+](=O)[O-])c3)sc2c1.